The van der Waals surface area contributed by atoms with Gasteiger partial charge in [0, 0.05) is 5.69 Å². The summed E-state index contributed by atoms with van der Waals surface area (Å²) in [5, 5.41) is 2.68. The molecule has 0 aliphatic heterocycles. The molecule has 0 fully saturated rings. The maximum atomic E-state index is 11.7. The molecule has 0 bridgehead atoms. The number of ether oxygens (including phenoxy) is 1. The summed E-state index contributed by atoms with van der Waals surface area (Å²) in [6.07, 6.45) is 3.83. The molecule has 0 heterocycles. The van der Waals surface area contributed by atoms with E-state index < -0.39 is 6.04 Å². The number of nitrogens with two attached hydrogens (primary N) is 1. The molecule has 114 valence electrons. The van der Waals surface area contributed by atoms with Gasteiger partial charge in [0.05, 0.1) is 18.2 Å². The van der Waals surface area contributed by atoms with Crippen molar-refractivity contribution in [2.75, 3.05) is 11.9 Å². The van der Waals surface area contributed by atoms with E-state index in [9.17, 15) is 9.59 Å². The quantitative estimate of drug-likeness (QED) is 0.438. The molecule has 0 aromatic heterocycles. The number of carbonyl (C=O) groups is 2. The van der Waals surface area contributed by atoms with Gasteiger partial charge in [0.2, 0.25) is 5.91 Å². The number of hydrogen-bond donors (Lipinski definition) is 2. The van der Waals surface area contributed by atoms with E-state index >= 15 is 0 Å². The summed E-state index contributed by atoms with van der Waals surface area (Å²) in [4.78, 5) is 23.4. The molecule has 1 rings (SSSR count). The highest BCUT2D eigenvalue weighted by molar-refractivity contribution is 5.95. The lowest BCUT2D eigenvalue weighted by Crippen LogP contribution is -2.35. The third-order valence-corrected chi connectivity index (χ3v) is 2.88. The summed E-state index contributed by atoms with van der Waals surface area (Å²) in [5.41, 5.74) is 6.71. The number of benzene rings is 1. The van der Waals surface area contributed by atoms with E-state index in [1.165, 1.54) is 0 Å². The van der Waals surface area contributed by atoms with Crippen molar-refractivity contribution in [2.45, 2.75) is 32.2 Å². The zero-order chi connectivity index (χ0) is 15.7. The lowest BCUT2D eigenvalue weighted by atomic mass is 10.2. The van der Waals surface area contributed by atoms with E-state index in [-0.39, 0.29) is 11.9 Å². The van der Waals surface area contributed by atoms with Crippen molar-refractivity contribution in [1.82, 2.24) is 0 Å². The van der Waals surface area contributed by atoms with Gasteiger partial charge in [0.25, 0.3) is 0 Å². The van der Waals surface area contributed by atoms with Gasteiger partial charge >= 0.3 is 5.97 Å². The van der Waals surface area contributed by atoms with Crippen LogP contribution in [-0.2, 0) is 9.53 Å². The molecule has 1 aromatic carbocycles. The molecule has 0 aliphatic rings. The Bertz CT molecular complexity index is 483. The van der Waals surface area contributed by atoms with Gasteiger partial charge in [-0.2, -0.15) is 0 Å². The highest BCUT2D eigenvalue weighted by Gasteiger charge is 2.12. The Kier molecular flexibility index (Phi) is 7.18. The van der Waals surface area contributed by atoms with Crippen LogP contribution in [0.1, 0.15) is 36.5 Å². The molecule has 0 spiro atoms. The largest absolute Gasteiger partial charge is 0.462 e. The second-order valence-electron chi connectivity index (χ2n) is 4.69. The average molecular weight is 290 g/mol. The van der Waals surface area contributed by atoms with E-state index in [0.717, 1.165) is 12.8 Å². The fourth-order valence-corrected chi connectivity index (χ4v) is 1.60. The van der Waals surface area contributed by atoms with E-state index in [1.54, 1.807) is 30.3 Å². The monoisotopic (exact) mass is 290 g/mol. The van der Waals surface area contributed by atoms with Crippen LogP contribution < -0.4 is 11.1 Å². The molecule has 21 heavy (non-hydrogen) atoms. The molecular weight excluding hydrogens is 268 g/mol. The fraction of sp³-hybridized carbons (Fsp3) is 0.375. The minimum atomic E-state index is -0.624. The van der Waals surface area contributed by atoms with Crippen molar-refractivity contribution in [3.63, 3.8) is 0 Å². The van der Waals surface area contributed by atoms with Gasteiger partial charge in [-0.15, -0.1) is 6.58 Å². The smallest absolute Gasteiger partial charge is 0.338 e. The van der Waals surface area contributed by atoms with E-state index in [4.69, 9.17) is 10.5 Å². The Morgan fingerprint density at radius 3 is 2.62 bits per heavy atom. The number of rotatable bonds is 8. The lowest BCUT2D eigenvalue weighted by molar-refractivity contribution is -0.117. The first kappa shape index (κ1) is 16.9. The van der Waals surface area contributed by atoms with Crippen LogP contribution in [0.3, 0.4) is 0 Å². The Labute approximate surface area is 125 Å². The van der Waals surface area contributed by atoms with Crippen molar-refractivity contribution < 1.29 is 14.3 Å². The van der Waals surface area contributed by atoms with Crippen LogP contribution in [0.15, 0.2) is 36.9 Å². The van der Waals surface area contributed by atoms with Gasteiger partial charge in [-0.25, -0.2) is 4.79 Å². The standard InChI is InChI=1S/C16H22N2O3/c1-3-5-11-21-16(20)12-7-9-13(10-8-12)18-15(19)14(17)6-4-2/h4,7-10,14H,2-3,5-6,11,17H2,1H3,(H,18,19). The van der Waals surface area contributed by atoms with Crippen molar-refractivity contribution >= 4 is 17.6 Å². The van der Waals surface area contributed by atoms with Gasteiger partial charge in [-0.1, -0.05) is 19.4 Å². The Balaban J connectivity index is 2.55. The first-order chi connectivity index (χ1) is 10.1. The number of anilines is 1. The second kappa shape index (κ2) is 8.92. The summed E-state index contributed by atoms with van der Waals surface area (Å²) in [7, 11) is 0. The van der Waals surface area contributed by atoms with E-state index in [2.05, 4.69) is 11.9 Å². The zero-order valence-electron chi connectivity index (χ0n) is 12.3. The molecule has 3 N–H and O–H groups in total. The molecular formula is C16H22N2O3. The van der Waals surface area contributed by atoms with Crippen LogP contribution >= 0.6 is 0 Å². The van der Waals surface area contributed by atoms with Crippen molar-refractivity contribution in [2.24, 2.45) is 5.73 Å². The number of nitrogens with one attached hydrogen (secondary N) is 1. The average Bonchev–Trinajstić information content (AvgIpc) is 2.48. The number of unbranched alkanes of at least 4 members (excludes halogenated alkanes) is 1. The topological polar surface area (TPSA) is 81.4 Å². The summed E-state index contributed by atoms with van der Waals surface area (Å²) in [5.74, 6) is -0.641. The van der Waals surface area contributed by atoms with Gasteiger partial charge in [0.1, 0.15) is 0 Å². The van der Waals surface area contributed by atoms with Crippen LogP contribution in [-0.4, -0.2) is 24.5 Å². The molecule has 5 heteroatoms. The Morgan fingerprint density at radius 1 is 1.38 bits per heavy atom. The normalized spacial score (nSPS) is 11.5. The molecule has 0 saturated carbocycles. The van der Waals surface area contributed by atoms with Crippen LogP contribution in [0.25, 0.3) is 0 Å². The van der Waals surface area contributed by atoms with E-state index in [0.29, 0.717) is 24.3 Å². The molecule has 0 aliphatic carbocycles. The summed E-state index contributed by atoms with van der Waals surface area (Å²) in [6.45, 7) is 5.99. The maximum absolute atomic E-state index is 11.7. The minimum absolute atomic E-state index is 0.284. The van der Waals surface area contributed by atoms with Gasteiger partial charge < -0.3 is 15.8 Å². The van der Waals surface area contributed by atoms with E-state index in [1.807, 2.05) is 6.92 Å². The van der Waals surface area contributed by atoms with Crippen molar-refractivity contribution in [3.8, 4) is 0 Å². The highest BCUT2D eigenvalue weighted by Crippen LogP contribution is 2.11. The number of esters is 1. The predicted octanol–water partition coefficient (Wildman–Crippen LogP) is 2.49. The summed E-state index contributed by atoms with van der Waals surface area (Å²) in [6, 6.07) is 5.90. The van der Waals surface area contributed by atoms with Crippen LogP contribution in [0.2, 0.25) is 0 Å². The van der Waals surface area contributed by atoms with Gasteiger partial charge in [-0.3, -0.25) is 4.79 Å². The first-order valence-electron chi connectivity index (χ1n) is 7.03. The Morgan fingerprint density at radius 2 is 2.05 bits per heavy atom. The molecule has 1 atom stereocenters. The maximum Gasteiger partial charge on any atom is 0.338 e. The molecule has 0 radical (unpaired) electrons. The fourth-order valence-electron chi connectivity index (χ4n) is 1.60. The SMILES string of the molecule is C=CCC(N)C(=O)Nc1ccc(C(=O)OCCCC)cc1. The zero-order valence-corrected chi connectivity index (χ0v) is 12.3. The van der Waals surface area contributed by atoms with Crippen molar-refractivity contribution in [1.29, 1.82) is 0 Å². The van der Waals surface area contributed by atoms with Crippen molar-refractivity contribution in [3.05, 3.63) is 42.5 Å². The van der Waals surface area contributed by atoms with Crippen LogP contribution in [0, 0.1) is 0 Å². The minimum Gasteiger partial charge on any atom is -0.462 e. The molecule has 1 amide bonds. The molecule has 5 nitrogen and oxygen atoms in total. The van der Waals surface area contributed by atoms with Gasteiger partial charge in [0.15, 0.2) is 0 Å². The number of hydrogen-bond acceptors (Lipinski definition) is 4. The predicted molar refractivity (Wildman–Crippen MR) is 83.1 cm³/mol. The second-order valence-corrected chi connectivity index (χ2v) is 4.69. The summed E-state index contributed by atoms with van der Waals surface area (Å²) >= 11 is 0. The highest BCUT2D eigenvalue weighted by atomic mass is 16.5. The van der Waals surface area contributed by atoms with Crippen LogP contribution in [0.5, 0.6) is 0 Å². The van der Waals surface area contributed by atoms with Gasteiger partial charge in [-0.05, 0) is 37.1 Å². The molecule has 1 aromatic rings. The number of amides is 1. The molecule has 0 saturated heterocycles. The molecule has 1 unspecified atom stereocenters. The third kappa shape index (κ3) is 5.79. The Hall–Kier alpha value is -2.14. The van der Waals surface area contributed by atoms with Crippen LogP contribution in [0.4, 0.5) is 5.69 Å². The third-order valence-electron chi connectivity index (χ3n) is 2.88. The lowest BCUT2D eigenvalue weighted by Gasteiger charge is -2.10. The first-order valence-corrected chi connectivity index (χ1v) is 7.03. The summed E-state index contributed by atoms with van der Waals surface area (Å²) < 4.78 is 5.10. The number of carbonyl (C=O) groups excluding carboxylic acids is 2.